The van der Waals surface area contributed by atoms with Gasteiger partial charge >= 0.3 is 0 Å². The van der Waals surface area contributed by atoms with Crippen molar-refractivity contribution in [2.45, 2.75) is 38.5 Å². The first-order valence-corrected chi connectivity index (χ1v) is 10.0. The first-order valence-electron chi connectivity index (χ1n) is 7.32. The molecule has 1 aliphatic carbocycles. The molecule has 0 radical (unpaired) electrons. The molecule has 1 aromatic carbocycles. The van der Waals surface area contributed by atoms with Crippen LogP contribution >= 0.6 is 47.8 Å². The molecular formula is C16H21Br3O2. The van der Waals surface area contributed by atoms with Crippen molar-refractivity contribution in [1.82, 2.24) is 0 Å². The van der Waals surface area contributed by atoms with E-state index >= 15 is 0 Å². The maximum absolute atomic E-state index is 6.14. The normalized spacial score (nSPS) is 18.1. The van der Waals surface area contributed by atoms with Crippen molar-refractivity contribution in [3.8, 4) is 11.5 Å². The zero-order valence-corrected chi connectivity index (χ0v) is 17.0. The smallest absolute Gasteiger partial charge is 0.134 e. The molecular weight excluding hydrogens is 464 g/mol. The zero-order chi connectivity index (χ0) is 15.3. The van der Waals surface area contributed by atoms with Crippen LogP contribution in [-0.4, -0.2) is 19.0 Å². The maximum atomic E-state index is 6.14. The molecule has 0 saturated heterocycles. The summed E-state index contributed by atoms with van der Waals surface area (Å²) >= 11 is 10.8. The lowest BCUT2D eigenvalue weighted by Gasteiger charge is -2.30. The number of hydrogen-bond acceptors (Lipinski definition) is 2. The zero-order valence-electron chi connectivity index (χ0n) is 12.3. The van der Waals surface area contributed by atoms with Crippen LogP contribution in [0.25, 0.3) is 0 Å². The van der Waals surface area contributed by atoms with Crippen LogP contribution in [0.1, 0.15) is 38.5 Å². The topological polar surface area (TPSA) is 18.5 Å². The number of ether oxygens (including phenoxy) is 2. The van der Waals surface area contributed by atoms with Crippen LogP contribution in [-0.2, 0) is 0 Å². The second kappa shape index (κ2) is 8.21. The summed E-state index contributed by atoms with van der Waals surface area (Å²) in [5.41, 5.74) is 0.266. The highest BCUT2D eigenvalue weighted by molar-refractivity contribution is 9.11. The predicted molar refractivity (Wildman–Crippen MR) is 97.8 cm³/mol. The minimum atomic E-state index is 0.266. The van der Waals surface area contributed by atoms with Gasteiger partial charge in [0.15, 0.2) is 0 Å². The van der Waals surface area contributed by atoms with Gasteiger partial charge in [-0.25, -0.2) is 0 Å². The van der Waals surface area contributed by atoms with E-state index in [4.69, 9.17) is 9.47 Å². The quantitative estimate of drug-likeness (QED) is 0.359. The van der Waals surface area contributed by atoms with Crippen LogP contribution in [0.3, 0.4) is 0 Å². The maximum Gasteiger partial charge on any atom is 0.134 e. The summed E-state index contributed by atoms with van der Waals surface area (Å²) in [5, 5.41) is 1.01. The Morgan fingerprint density at radius 1 is 1.00 bits per heavy atom. The van der Waals surface area contributed by atoms with Gasteiger partial charge in [0, 0.05) is 10.7 Å². The summed E-state index contributed by atoms with van der Waals surface area (Å²) in [6.45, 7) is 0.760. The molecule has 0 aliphatic heterocycles. The van der Waals surface area contributed by atoms with Gasteiger partial charge < -0.3 is 9.47 Å². The summed E-state index contributed by atoms with van der Waals surface area (Å²) in [4.78, 5) is 0. The van der Waals surface area contributed by atoms with E-state index in [1.165, 1.54) is 38.5 Å². The second-order valence-corrected chi connectivity index (χ2v) is 8.02. The minimum absolute atomic E-state index is 0.266. The lowest BCUT2D eigenvalue weighted by Crippen LogP contribution is -2.30. The van der Waals surface area contributed by atoms with Crippen LogP contribution in [0.2, 0.25) is 0 Å². The molecule has 0 aromatic heterocycles. The first kappa shape index (κ1) is 17.6. The molecule has 1 aromatic rings. The summed E-state index contributed by atoms with van der Waals surface area (Å²) in [6, 6.07) is 3.91. The van der Waals surface area contributed by atoms with Gasteiger partial charge in [0.05, 0.1) is 22.7 Å². The standard InChI is InChI=1S/C16H21Br3O2/c1-20-14-8-13(19)15(9-12(14)18)21-11-16(10-17)6-4-2-3-5-7-16/h8-9H,2-7,10-11H2,1H3. The van der Waals surface area contributed by atoms with E-state index in [0.29, 0.717) is 0 Å². The third kappa shape index (κ3) is 4.61. The molecule has 1 saturated carbocycles. The molecule has 118 valence electrons. The molecule has 2 nitrogen and oxygen atoms in total. The predicted octanol–water partition coefficient (Wildman–Crippen LogP) is 6.33. The number of methoxy groups -OCH3 is 1. The van der Waals surface area contributed by atoms with Gasteiger partial charge in [0.1, 0.15) is 11.5 Å². The summed E-state index contributed by atoms with van der Waals surface area (Å²) in [7, 11) is 1.67. The fourth-order valence-electron chi connectivity index (χ4n) is 2.80. The van der Waals surface area contributed by atoms with E-state index in [9.17, 15) is 0 Å². The van der Waals surface area contributed by atoms with Gasteiger partial charge in [-0.3, -0.25) is 0 Å². The molecule has 0 unspecified atom stereocenters. The van der Waals surface area contributed by atoms with Gasteiger partial charge in [0.25, 0.3) is 0 Å². The SMILES string of the molecule is COc1cc(Br)c(OCC2(CBr)CCCCCC2)cc1Br. The Morgan fingerprint density at radius 3 is 2.14 bits per heavy atom. The number of alkyl halides is 1. The van der Waals surface area contributed by atoms with Crippen molar-refractivity contribution in [3.63, 3.8) is 0 Å². The van der Waals surface area contributed by atoms with Crippen molar-refractivity contribution in [2.24, 2.45) is 5.41 Å². The van der Waals surface area contributed by atoms with Gasteiger partial charge in [-0.1, -0.05) is 41.6 Å². The van der Waals surface area contributed by atoms with Crippen LogP contribution in [0.15, 0.2) is 21.1 Å². The van der Waals surface area contributed by atoms with Gasteiger partial charge in [-0.05, 0) is 56.8 Å². The lowest BCUT2D eigenvalue weighted by atomic mass is 9.83. The third-order valence-corrected chi connectivity index (χ3v) is 6.62. The Balaban J connectivity index is 2.09. The first-order chi connectivity index (χ1) is 10.1. The van der Waals surface area contributed by atoms with Crippen molar-refractivity contribution >= 4 is 47.8 Å². The highest BCUT2D eigenvalue weighted by Crippen LogP contribution is 2.40. The summed E-state index contributed by atoms with van der Waals surface area (Å²) in [5.74, 6) is 1.67. The number of benzene rings is 1. The highest BCUT2D eigenvalue weighted by atomic mass is 79.9. The van der Waals surface area contributed by atoms with E-state index in [1.807, 2.05) is 12.1 Å². The Morgan fingerprint density at radius 2 is 1.57 bits per heavy atom. The molecule has 0 heterocycles. The van der Waals surface area contributed by atoms with Crippen LogP contribution < -0.4 is 9.47 Å². The van der Waals surface area contributed by atoms with E-state index < -0.39 is 0 Å². The van der Waals surface area contributed by atoms with E-state index in [0.717, 1.165) is 32.4 Å². The van der Waals surface area contributed by atoms with Crippen molar-refractivity contribution < 1.29 is 9.47 Å². The summed E-state index contributed by atoms with van der Waals surface area (Å²) < 4.78 is 13.3. The lowest BCUT2D eigenvalue weighted by molar-refractivity contribution is 0.148. The molecule has 0 amide bonds. The molecule has 0 N–H and O–H groups in total. The fraction of sp³-hybridized carbons (Fsp3) is 0.625. The van der Waals surface area contributed by atoms with Crippen molar-refractivity contribution in [2.75, 3.05) is 19.0 Å². The third-order valence-electron chi connectivity index (χ3n) is 4.19. The fourth-order valence-corrected chi connectivity index (χ4v) is 4.45. The Kier molecular flexibility index (Phi) is 6.88. The average molecular weight is 485 g/mol. The number of hydrogen-bond donors (Lipinski definition) is 0. The summed E-state index contributed by atoms with van der Waals surface area (Å²) in [6.07, 6.45) is 7.81. The van der Waals surface area contributed by atoms with Crippen molar-refractivity contribution in [3.05, 3.63) is 21.1 Å². The largest absolute Gasteiger partial charge is 0.496 e. The average Bonchev–Trinajstić information content (AvgIpc) is 2.74. The number of rotatable bonds is 5. The molecule has 5 heteroatoms. The Bertz CT molecular complexity index is 469. The molecule has 0 atom stereocenters. The van der Waals surface area contributed by atoms with E-state index in [2.05, 4.69) is 47.8 Å². The minimum Gasteiger partial charge on any atom is -0.496 e. The van der Waals surface area contributed by atoms with Crippen LogP contribution in [0.5, 0.6) is 11.5 Å². The van der Waals surface area contributed by atoms with Crippen molar-refractivity contribution in [1.29, 1.82) is 0 Å². The van der Waals surface area contributed by atoms with Crippen LogP contribution in [0, 0.1) is 5.41 Å². The van der Waals surface area contributed by atoms with E-state index in [1.54, 1.807) is 7.11 Å². The Labute approximate surface area is 152 Å². The molecule has 0 bridgehead atoms. The second-order valence-electron chi connectivity index (χ2n) is 5.75. The van der Waals surface area contributed by atoms with Gasteiger partial charge in [-0.2, -0.15) is 0 Å². The number of halogens is 3. The molecule has 1 fully saturated rings. The Hall–Kier alpha value is 0.260. The monoisotopic (exact) mass is 482 g/mol. The van der Waals surface area contributed by atoms with Gasteiger partial charge in [-0.15, -0.1) is 0 Å². The molecule has 2 rings (SSSR count). The molecule has 0 spiro atoms. The van der Waals surface area contributed by atoms with Crippen LogP contribution in [0.4, 0.5) is 0 Å². The molecule has 21 heavy (non-hydrogen) atoms. The van der Waals surface area contributed by atoms with E-state index in [-0.39, 0.29) is 5.41 Å². The molecule has 1 aliphatic rings. The highest BCUT2D eigenvalue weighted by Gasteiger charge is 2.31. The van der Waals surface area contributed by atoms with Gasteiger partial charge in [0.2, 0.25) is 0 Å².